The molecule has 1 radical (unpaired) electrons. The van der Waals surface area contributed by atoms with Gasteiger partial charge in [0.15, 0.2) is 17.3 Å². The van der Waals surface area contributed by atoms with Crippen LogP contribution in [0.15, 0.2) is 35.5 Å². The molecule has 0 rings (SSSR count). The molecule has 23 heavy (non-hydrogen) atoms. The molecule has 0 spiro atoms. The quantitative estimate of drug-likeness (QED) is 0.367. The van der Waals surface area contributed by atoms with Gasteiger partial charge in [0.1, 0.15) is 0 Å². The van der Waals surface area contributed by atoms with Crippen molar-refractivity contribution in [2.75, 3.05) is 0 Å². The van der Waals surface area contributed by atoms with Crippen molar-refractivity contribution in [3.05, 3.63) is 35.5 Å². The van der Waals surface area contributed by atoms with Crippen LogP contribution in [-0.2, 0) is 14.4 Å². The predicted molar refractivity (Wildman–Crippen MR) is 76.9 cm³/mol. The summed E-state index contributed by atoms with van der Waals surface area (Å²) in [5, 5.41) is 29.9. The molecule has 0 aliphatic rings. The zero-order valence-corrected chi connectivity index (χ0v) is 16.3. The van der Waals surface area contributed by atoms with Crippen molar-refractivity contribution in [3.63, 3.8) is 0 Å². The second kappa shape index (κ2) is 20.9. The van der Waals surface area contributed by atoms with Crippen LogP contribution in [0.3, 0.4) is 0 Å². The Hall–Kier alpha value is -1.09. The Balaban J connectivity index is -0.0000000675. The molecular formula is C15H23GdO7. The van der Waals surface area contributed by atoms with Crippen molar-refractivity contribution < 1.29 is 75.1 Å². The normalized spacial score (nSPS) is 10.4. The molecule has 0 amide bonds. The summed E-state index contributed by atoms with van der Waals surface area (Å²) in [4.78, 5) is 29.9. The van der Waals surface area contributed by atoms with Crippen LogP contribution < -0.4 is 15.3 Å². The van der Waals surface area contributed by atoms with Crippen molar-refractivity contribution in [3.8, 4) is 0 Å². The minimum atomic E-state index is -0.187. The van der Waals surface area contributed by atoms with E-state index in [2.05, 4.69) is 0 Å². The van der Waals surface area contributed by atoms with Gasteiger partial charge in [-0.05, 0) is 39.0 Å². The summed E-state index contributed by atoms with van der Waals surface area (Å²) in [6, 6.07) is 0. The van der Waals surface area contributed by atoms with Crippen LogP contribution in [0.25, 0.3) is 0 Å². The molecule has 7 nitrogen and oxygen atoms in total. The number of carbonyl (C=O) groups is 3. The molecule has 0 aromatic rings. The van der Waals surface area contributed by atoms with Gasteiger partial charge in [0, 0.05) is 0 Å². The first-order valence-electron chi connectivity index (χ1n) is 5.96. The second-order valence-corrected chi connectivity index (χ2v) is 4.10. The fourth-order valence-electron chi connectivity index (χ4n) is 0.859. The minimum Gasteiger partial charge on any atom is -0.876 e. The van der Waals surface area contributed by atoms with Crippen LogP contribution in [0.4, 0.5) is 0 Å². The van der Waals surface area contributed by atoms with Crippen molar-refractivity contribution in [1.82, 2.24) is 0 Å². The van der Waals surface area contributed by atoms with E-state index >= 15 is 0 Å². The SMILES string of the molecule is CC(=O)/C=C(/C)[O-].CC(=O)/C=C(/C)[O-].CC(=O)/C=C(/C)[O-].O.[Gd+3]. The van der Waals surface area contributed by atoms with E-state index in [-0.39, 0.29) is 80.0 Å². The Morgan fingerprint density at radius 2 is 0.696 bits per heavy atom. The van der Waals surface area contributed by atoms with Gasteiger partial charge in [-0.15, -0.1) is 17.3 Å². The molecule has 0 aliphatic heterocycles. The van der Waals surface area contributed by atoms with Gasteiger partial charge in [-0.2, -0.15) is 0 Å². The Bertz CT molecular complexity index is 370. The Morgan fingerprint density at radius 1 is 0.565 bits per heavy atom. The zero-order chi connectivity index (χ0) is 17.6. The van der Waals surface area contributed by atoms with Crippen LogP contribution >= 0.6 is 0 Å². The van der Waals surface area contributed by atoms with Gasteiger partial charge in [0.25, 0.3) is 0 Å². The number of carbonyl (C=O) groups excluding carboxylic acids is 3. The van der Waals surface area contributed by atoms with Gasteiger partial charge in [0.2, 0.25) is 0 Å². The Labute approximate surface area is 168 Å². The molecule has 0 aromatic carbocycles. The molecule has 0 saturated heterocycles. The number of hydrogen-bond donors (Lipinski definition) is 0. The minimum absolute atomic E-state index is 0. The Kier molecular flexibility index (Phi) is 30.5. The summed E-state index contributed by atoms with van der Waals surface area (Å²) < 4.78 is 0. The standard InChI is InChI=1S/3C5H8O2.Gd.H2O/c3*1-4(6)3-5(2)7;;/h3*3,6H,1-2H3;;1H2/q;;;+3;/p-3/b3*4-3-;;. The molecule has 0 heterocycles. The molecule has 0 bridgehead atoms. The molecule has 0 atom stereocenters. The predicted octanol–water partition coefficient (Wildman–Crippen LogP) is -1.31. The van der Waals surface area contributed by atoms with Crippen LogP contribution in [-0.4, -0.2) is 22.8 Å². The van der Waals surface area contributed by atoms with Gasteiger partial charge in [-0.1, -0.05) is 20.8 Å². The summed E-state index contributed by atoms with van der Waals surface area (Å²) in [6.07, 6.45) is 3.17. The molecule has 2 N–H and O–H groups in total. The third-order valence-corrected chi connectivity index (χ3v) is 1.22. The maximum absolute atomic E-state index is 9.98. The van der Waals surface area contributed by atoms with E-state index in [0.717, 1.165) is 18.2 Å². The van der Waals surface area contributed by atoms with Crippen molar-refractivity contribution in [2.45, 2.75) is 41.5 Å². The zero-order valence-electron chi connectivity index (χ0n) is 14.0. The first-order valence-corrected chi connectivity index (χ1v) is 5.96. The molecule has 8 heteroatoms. The van der Waals surface area contributed by atoms with Crippen molar-refractivity contribution in [1.29, 1.82) is 0 Å². The smallest absolute Gasteiger partial charge is 0.876 e. The molecule has 0 aliphatic carbocycles. The summed E-state index contributed by atoms with van der Waals surface area (Å²) in [5.74, 6) is -1.12. The third-order valence-electron chi connectivity index (χ3n) is 1.22. The van der Waals surface area contributed by atoms with Crippen molar-refractivity contribution in [2.24, 2.45) is 0 Å². The number of ketones is 3. The number of rotatable bonds is 3. The maximum Gasteiger partial charge on any atom is 3.00 e. The second-order valence-electron chi connectivity index (χ2n) is 4.10. The molecule has 0 aromatic heterocycles. The summed E-state index contributed by atoms with van der Waals surface area (Å²) in [5.41, 5.74) is 0. The fourth-order valence-corrected chi connectivity index (χ4v) is 0.859. The average molecular weight is 473 g/mol. The number of allylic oxidation sites excluding steroid dienone is 6. The van der Waals surface area contributed by atoms with Gasteiger partial charge >= 0.3 is 39.9 Å². The van der Waals surface area contributed by atoms with Crippen LogP contribution in [0.2, 0.25) is 0 Å². The largest absolute Gasteiger partial charge is 3.00 e. The first kappa shape index (κ1) is 33.5. The summed E-state index contributed by atoms with van der Waals surface area (Å²) in [7, 11) is 0. The van der Waals surface area contributed by atoms with E-state index in [1.807, 2.05) is 0 Å². The molecule has 0 fully saturated rings. The van der Waals surface area contributed by atoms with Gasteiger partial charge < -0.3 is 20.8 Å². The molecule has 0 saturated carbocycles. The summed E-state index contributed by atoms with van der Waals surface area (Å²) in [6.45, 7) is 8.09. The van der Waals surface area contributed by atoms with Crippen LogP contribution in [0.5, 0.6) is 0 Å². The summed E-state index contributed by atoms with van der Waals surface area (Å²) >= 11 is 0. The van der Waals surface area contributed by atoms with E-state index in [4.69, 9.17) is 0 Å². The third kappa shape index (κ3) is 62.8. The van der Waals surface area contributed by atoms with E-state index in [1.165, 1.54) is 41.5 Å². The van der Waals surface area contributed by atoms with E-state index < -0.39 is 0 Å². The average Bonchev–Trinajstić information content (AvgIpc) is 2.10. The van der Waals surface area contributed by atoms with Crippen LogP contribution in [0.1, 0.15) is 41.5 Å². The van der Waals surface area contributed by atoms with E-state index in [9.17, 15) is 29.7 Å². The fraction of sp³-hybridized carbons (Fsp3) is 0.400. The van der Waals surface area contributed by atoms with E-state index in [0.29, 0.717) is 0 Å². The topological polar surface area (TPSA) is 152 Å². The van der Waals surface area contributed by atoms with Gasteiger partial charge in [-0.3, -0.25) is 14.4 Å². The van der Waals surface area contributed by atoms with Crippen molar-refractivity contribution >= 4 is 17.3 Å². The van der Waals surface area contributed by atoms with E-state index in [1.54, 1.807) is 0 Å². The molecule has 0 unspecified atom stereocenters. The number of hydrogen-bond acceptors (Lipinski definition) is 6. The van der Waals surface area contributed by atoms with Gasteiger partial charge in [-0.25, -0.2) is 0 Å². The molecular weight excluding hydrogens is 449 g/mol. The van der Waals surface area contributed by atoms with Gasteiger partial charge in [0.05, 0.1) is 0 Å². The monoisotopic (exact) mass is 473 g/mol. The maximum atomic E-state index is 9.98. The van der Waals surface area contributed by atoms with Crippen LogP contribution in [0, 0.1) is 39.9 Å². The molecule has 133 valence electrons. The first-order chi connectivity index (χ1) is 9.38. The Morgan fingerprint density at radius 3 is 0.696 bits per heavy atom.